The summed E-state index contributed by atoms with van der Waals surface area (Å²) < 4.78 is 0. The van der Waals surface area contributed by atoms with Gasteiger partial charge in [-0.05, 0) is 86.6 Å². The summed E-state index contributed by atoms with van der Waals surface area (Å²) in [6, 6.07) is 16.3. The van der Waals surface area contributed by atoms with Crippen LogP contribution in [-0.2, 0) is 18.3 Å². The van der Waals surface area contributed by atoms with Crippen molar-refractivity contribution in [2.75, 3.05) is 0 Å². The first kappa shape index (κ1) is 18.2. The van der Waals surface area contributed by atoms with Crippen LogP contribution in [0, 0.1) is 5.92 Å². The maximum atomic E-state index is 11.5. The van der Waals surface area contributed by atoms with E-state index in [0.717, 1.165) is 44.9 Å². The topological polar surface area (TPSA) is 57.5 Å². The van der Waals surface area contributed by atoms with E-state index in [-0.39, 0.29) is 5.41 Å². The second-order valence-corrected chi connectivity index (χ2v) is 8.79. The van der Waals surface area contributed by atoms with Gasteiger partial charge in [-0.2, -0.15) is 0 Å². The molecule has 1 saturated carbocycles. The zero-order valence-corrected chi connectivity index (χ0v) is 15.9. The Balaban J connectivity index is 1.84. The number of aromatic carboxylic acids is 1. The van der Waals surface area contributed by atoms with Gasteiger partial charge in [-0.1, -0.05) is 36.4 Å². The molecule has 2 N–H and O–H groups in total. The molecule has 0 saturated heterocycles. The second-order valence-electron chi connectivity index (χ2n) is 8.79. The third-order valence-electron chi connectivity index (χ3n) is 6.83. The molecule has 4 rings (SSSR count). The average Bonchev–Trinajstić information content (AvgIpc) is 2.78. The summed E-state index contributed by atoms with van der Waals surface area (Å²) in [5, 5.41) is 20.2. The molecule has 2 aromatic rings. The van der Waals surface area contributed by atoms with Gasteiger partial charge in [-0.3, -0.25) is 0 Å². The monoisotopic (exact) mass is 364 g/mol. The third kappa shape index (κ3) is 3.41. The molecule has 0 aliphatic heterocycles. The van der Waals surface area contributed by atoms with E-state index in [1.807, 2.05) is 19.1 Å². The minimum atomic E-state index is -0.859. The standard InChI is InChI=1S/C24H28O3/c1-23(27)12-13-24(15-17-6-3-2-4-7-17)20(16-23)9-5-8-18-14-19(22(25)26)10-11-21(18)24/h2-4,6-7,10-11,14,20,27H,5,8-9,12-13,15-16H2,1H3,(H,25,26)/t20-,23-,24+/m0/s1. The lowest BCUT2D eigenvalue weighted by Crippen LogP contribution is -2.47. The van der Waals surface area contributed by atoms with Crippen LogP contribution < -0.4 is 0 Å². The number of hydrogen-bond acceptors (Lipinski definition) is 2. The summed E-state index contributed by atoms with van der Waals surface area (Å²) in [6.45, 7) is 1.97. The number of aryl methyl sites for hydroxylation is 1. The van der Waals surface area contributed by atoms with Gasteiger partial charge in [-0.15, -0.1) is 0 Å². The lowest BCUT2D eigenvalue weighted by Gasteiger charge is -2.49. The highest BCUT2D eigenvalue weighted by molar-refractivity contribution is 5.88. The van der Waals surface area contributed by atoms with Crippen molar-refractivity contribution in [3.63, 3.8) is 0 Å². The first-order valence-corrected chi connectivity index (χ1v) is 10.0. The Bertz CT molecular complexity index is 840. The van der Waals surface area contributed by atoms with Crippen molar-refractivity contribution in [2.24, 2.45) is 5.92 Å². The van der Waals surface area contributed by atoms with Gasteiger partial charge in [0.1, 0.15) is 0 Å². The fourth-order valence-electron chi connectivity index (χ4n) is 5.50. The van der Waals surface area contributed by atoms with Crippen LogP contribution in [0.1, 0.15) is 66.1 Å². The van der Waals surface area contributed by atoms with Crippen LogP contribution in [0.2, 0.25) is 0 Å². The van der Waals surface area contributed by atoms with Gasteiger partial charge < -0.3 is 10.2 Å². The van der Waals surface area contributed by atoms with Gasteiger partial charge in [-0.25, -0.2) is 4.79 Å². The van der Waals surface area contributed by atoms with Crippen LogP contribution in [0.15, 0.2) is 48.5 Å². The number of rotatable bonds is 3. The van der Waals surface area contributed by atoms with E-state index in [9.17, 15) is 15.0 Å². The van der Waals surface area contributed by atoms with Crippen LogP contribution in [0.4, 0.5) is 0 Å². The Morgan fingerprint density at radius 3 is 2.67 bits per heavy atom. The number of fused-ring (bicyclic) bond motifs is 3. The molecule has 0 amide bonds. The van der Waals surface area contributed by atoms with Crippen LogP contribution >= 0.6 is 0 Å². The Morgan fingerprint density at radius 2 is 1.93 bits per heavy atom. The largest absolute Gasteiger partial charge is 0.478 e. The summed E-state index contributed by atoms with van der Waals surface area (Å²) in [5.41, 5.74) is 3.58. The van der Waals surface area contributed by atoms with E-state index < -0.39 is 11.6 Å². The molecule has 27 heavy (non-hydrogen) atoms. The minimum Gasteiger partial charge on any atom is -0.478 e. The van der Waals surface area contributed by atoms with Crippen molar-refractivity contribution in [3.8, 4) is 0 Å². The number of aliphatic hydroxyl groups is 1. The van der Waals surface area contributed by atoms with Crippen molar-refractivity contribution in [1.29, 1.82) is 0 Å². The lowest BCUT2D eigenvalue weighted by atomic mass is 9.56. The molecule has 0 radical (unpaired) electrons. The Kier molecular flexibility index (Phi) is 4.59. The van der Waals surface area contributed by atoms with Crippen LogP contribution in [0.25, 0.3) is 0 Å². The van der Waals surface area contributed by atoms with Gasteiger partial charge >= 0.3 is 5.97 Å². The molecule has 3 heteroatoms. The zero-order valence-electron chi connectivity index (χ0n) is 15.9. The molecule has 0 unspecified atom stereocenters. The molecule has 142 valence electrons. The highest BCUT2D eigenvalue weighted by Crippen LogP contribution is 2.53. The molecule has 0 spiro atoms. The van der Waals surface area contributed by atoms with Gasteiger partial charge in [0, 0.05) is 5.41 Å². The maximum absolute atomic E-state index is 11.5. The Morgan fingerprint density at radius 1 is 1.15 bits per heavy atom. The van der Waals surface area contributed by atoms with E-state index in [2.05, 4.69) is 30.3 Å². The Hall–Kier alpha value is -2.13. The normalized spacial score (nSPS) is 30.1. The number of hydrogen-bond donors (Lipinski definition) is 2. The number of carboxylic acid groups (broad SMARTS) is 1. The molecule has 0 heterocycles. The van der Waals surface area contributed by atoms with Crippen LogP contribution in [-0.4, -0.2) is 21.8 Å². The van der Waals surface area contributed by atoms with Crippen LogP contribution in [0.3, 0.4) is 0 Å². The lowest BCUT2D eigenvalue weighted by molar-refractivity contribution is -0.0330. The minimum absolute atomic E-state index is 0.0214. The van der Waals surface area contributed by atoms with Crippen molar-refractivity contribution < 1.29 is 15.0 Å². The van der Waals surface area contributed by atoms with Crippen molar-refractivity contribution in [2.45, 2.75) is 62.9 Å². The summed E-state index contributed by atoms with van der Waals surface area (Å²) in [7, 11) is 0. The molecule has 0 aromatic heterocycles. The van der Waals surface area contributed by atoms with Gasteiger partial charge in [0.15, 0.2) is 0 Å². The van der Waals surface area contributed by atoms with Crippen molar-refractivity contribution in [1.82, 2.24) is 0 Å². The van der Waals surface area contributed by atoms with E-state index in [4.69, 9.17) is 0 Å². The molecule has 2 aromatic carbocycles. The van der Waals surface area contributed by atoms with Crippen molar-refractivity contribution in [3.05, 3.63) is 70.8 Å². The number of carbonyl (C=O) groups is 1. The SMILES string of the molecule is C[C@]1(O)CC[C@]2(Cc3ccccc3)c3ccc(C(=O)O)cc3CCC[C@H]2C1. The summed E-state index contributed by atoms with van der Waals surface area (Å²) in [6.07, 6.45) is 6.56. The molecule has 3 atom stereocenters. The number of carboxylic acids is 1. The molecule has 3 nitrogen and oxygen atoms in total. The van der Waals surface area contributed by atoms with E-state index >= 15 is 0 Å². The highest BCUT2D eigenvalue weighted by Gasteiger charge is 2.49. The molecule has 1 fully saturated rings. The fraction of sp³-hybridized carbons (Fsp3) is 0.458. The average molecular weight is 364 g/mol. The van der Waals surface area contributed by atoms with Gasteiger partial charge in [0.2, 0.25) is 0 Å². The smallest absolute Gasteiger partial charge is 0.335 e. The molecule has 2 aliphatic carbocycles. The molecular formula is C24H28O3. The van der Waals surface area contributed by atoms with E-state index in [0.29, 0.717) is 11.5 Å². The maximum Gasteiger partial charge on any atom is 0.335 e. The first-order chi connectivity index (χ1) is 12.9. The van der Waals surface area contributed by atoms with E-state index in [1.54, 1.807) is 6.07 Å². The predicted octanol–water partition coefficient (Wildman–Crippen LogP) is 4.75. The van der Waals surface area contributed by atoms with Gasteiger partial charge in [0.25, 0.3) is 0 Å². The highest BCUT2D eigenvalue weighted by atomic mass is 16.4. The third-order valence-corrected chi connectivity index (χ3v) is 6.83. The summed E-state index contributed by atoms with van der Waals surface area (Å²) >= 11 is 0. The second kappa shape index (κ2) is 6.79. The van der Waals surface area contributed by atoms with Gasteiger partial charge in [0.05, 0.1) is 11.2 Å². The van der Waals surface area contributed by atoms with E-state index in [1.165, 1.54) is 16.7 Å². The fourth-order valence-corrected chi connectivity index (χ4v) is 5.50. The first-order valence-electron chi connectivity index (χ1n) is 10.0. The summed E-state index contributed by atoms with van der Waals surface area (Å²) in [5.74, 6) is -0.444. The molecular weight excluding hydrogens is 336 g/mol. The number of benzene rings is 2. The molecule has 0 bridgehead atoms. The Labute approximate surface area is 161 Å². The molecule has 2 aliphatic rings. The van der Waals surface area contributed by atoms with Crippen molar-refractivity contribution >= 4 is 5.97 Å². The zero-order chi connectivity index (χ0) is 19.1. The summed E-state index contributed by atoms with van der Waals surface area (Å²) in [4.78, 5) is 11.5. The quantitative estimate of drug-likeness (QED) is 0.826. The van der Waals surface area contributed by atoms with Crippen LogP contribution in [0.5, 0.6) is 0 Å². The predicted molar refractivity (Wildman–Crippen MR) is 106 cm³/mol.